The molecule has 0 unspecified atom stereocenters. The summed E-state index contributed by atoms with van der Waals surface area (Å²) in [6, 6.07) is 3.99. The third-order valence-electron chi connectivity index (χ3n) is 3.40. The van der Waals surface area contributed by atoms with Crippen LogP contribution in [0.4, 0.5) is 0 Å². The van der Waals surface area contributed by atoms with Crippen LogP contribution in [0.5, 0.6) is 5.75 Å². The number of hydrogen-bond acceptors (Lipinski definition) is 4. The lowest BCUT2D eigenvalue weighted by Gasteiger charge is -2.19. The molecule has 1 aromatic rings. The first kappa shape index (κ1) is 17.5. The summed E-state index contributed by atoms with van der Waals surface area (Å²) < 4.78 is 10.9. The van der Waals surface area contributed by atoms with Crippen molar-refractivity contribution in [1.29, 1.82) is 0 Å². The minimum atomic E-state index is -0.336. The SMILES string of the molecule is COC(=O)c1c(C)ccc(C(C)C)c1OCCCN(C)C. The zero-order valence-electron chi connectivity index (χ0n) is 14.0. The Balaban J connectivity index is 3.05. The summed E-state index contributed by atoms with van der Waals surface area (Å²) in [6.07, 6.45) is 0.916. The summed E-state index contributed by atoms with van der Waals surface area (Å²) in [5.41, 5.74) is 2.48. The highest BCUT2D eigenvalue weighted by atomic mass is 16.5. The molecule has 0 aliphatic rings. The molecule has 0 aliphatic heterocycles. The number of ether oxygens (including phenoxy) is 2. The van der Waals surface area contributed by atoms with Crippen molar-refractivity contribution in [2.24, 2.45) is 0 Å². The number of benzene rings is 1. The van der Waals surface area contributed by atoms with E-state index in [2.05, 4.69) is 18.7 Å². The molecule has 0 fully saturated rings. The van der Waals surface area contributed by atoms with Gasteiger partial charge in [0.25, 0.3) is 0 Å². The van der Waals surface area contributed by atoms with Crippen LogP contribution in [0, 0.1) is 6.92 Å². The van der Waals surface area contributed by atoms with E-state index in [1.54, 1.807) is 0 Å². The van der Waals surface area contributed by atoms with Crippen molar-refractivity contribution in [3.05, 3.63) is 28.8 Å². The second-order valence-electron chi connectivity index (χ2n) is 5.83. The molecule has 0 spiro atoms. The number of carbonyl (C=O) groups excluding carboxylic acids is 1. The van der Waals surface area contributed by atoms with Gasteiger partial charge in [0.05, 0.1) is 13.7 Å². The van der Waals surface area contributed by atoms with Gasteiger partial charge in [-0.25, -0.2) is 4.79 Å². The van der Waals surface area contributed by atoms with Crippen molar-refractivity contribution in [3.63, 3.8) is 0 Å². The van der Waals surface area contributed by atoms with Crippen LogP contribution in [-0.2, 0) is 4.74 Å². The zero-order chi connectivity index (χ0) is 16.0. The highest BCUT2D eigenvalue weighted by Crippen LogP contribution is 2.33. The lowest BCUT2D eigenvalue weighted by atomic mass is 9.96. The van der Waals surface area contributed by atoms with Crippen molar-refractivity contribution in [2.75, 3.05) is 34.4 Å². The van der Waals surface area contributed by atoms with E-state index in [1.165, 1.54) is 7.11 Å². The fraction of sp³-hybridized carbons (Fsp3) is 0.588. The first-order valence-electron chi connectivity index (χ1n) is 7.37. The van der Waals surface area contributed by atoms with Gasteiger partial charge in [0, 0.05) is 6.54 Å². The summed E-state index contributed by atoms with van der Waals surface area (Å²) in [6.45, 7) is 7.64. The molecule has 0 radical (unpaired) electrons. The van der Waals surface area contributed by atoms with Gasteiger partial charge < -0.3 is 14.4 Å². The maximum Gasteiger partial charge on any atom is 0.341 e. The van der Waals surface area contributed by atoms with E-state index in [1.807, 2.05) is 33.2 Å². The molecule has 0 aliphatic carbocycles. The van der Waals surface area contributed by atoms with Gasteiger partial charge in [-0.3, -0.25) is 0 Å². The molecule has 0 amide bonds. The fourth-order valence-corrected chi connectivity index (χ4v) is 2.22. The molecular weight excluding hydrogens is 266 g/mol. The fourth-order valence-electron chi connectivity index (χ4n) is 2.22. The molecule has 1 aromatic carbocycles. The Labute approximate surface area is 128 Å². The lowest BCUT2D eigenvalue weighted by molar-refractivity contribution is 0.0594. The van der Waals surface area contributed by atoms with E-state index in [0.717, 1.165) is 24.1 Å². The van der Waals surface area contributed by atoms with Gasteiger partial charge in [0.2, 0.25) is 0 Å². The number of esters is 1. The summed E-state index contributed by atoms with van der Waals surface area (Å²) in [5.74, 6) is 0.631. The molecule has 4 heteroatoms. The average molecular weight is 293 g/mol. The van der Waals surface area contributed by atoms with E-state index in [4.69, 9.17) is 9.47 Å². The van der Waals surface area contributed by atoms with Crippen LogP contribution in [0.3, 0.4) is 0 Å². The second kappa shape index (κ2) is 8.03. The molecule has 0 heterocycles. The summed E-state index contributed by atoms with van der Waals surface area (Å²) in [7, 11) is 5.47. The molecule has 21 heavy (non-hydrogen) atoms. The normalized spacial score (nSPS) is 11.0. The highest BCUT2D eigenvalue weighted by molar-refractivity contribution is 5.94. The van der Waals surface area contributed by atoms with Crippen LogP contribution < -0.4 is 4.74 Å². The maximum atomic E-state index is 12.1. The molecule has 0 atom stereocenters. The van der Waals surface area contributed by atoms with Crippen LogP contribution >= 0.6 is 0 Å². The molecule has 118 valence electrons. The highest BCUT2D eigenvalue weighted by Gasteiger charge is 2.21. The Kier molecular flexibility index (Phi) is 6.69. The van der Waals surface area contributed by atoms with Crippen molar-refractivity contribution < 1.29 is 14.3 Å². The Morgan fingerprint density at radius 3 is 2.48 bits per heavy atom. The zero-order valence-corrected chi connectivity index (χ0v) is 14.0. The molecule has 0 bridgehead atoms. The number of aryl methyl sites for hydroxylation is 1. The molecule has 0 N–H and O–H groups in total. The molecule has 0 aromatic heterocycles. The van der Waals surface area contributed by atoms with E-state index in [9.17, 15) is 4.79 Å². The van der Waals surface area contributed by atoms with Crippen LogP contribution in [0.2, 0.25) is 0 Å². The smallest absolute Gasteiger partial charge is 0.341 e. The molecular formula is C17H27NO3. The Bertz CT molecular complexity index is 481. The quantitative estimate of drug-likeness (QED) is 0.571. The topological polar surface area (TPSA) is 38.8 Å². The van der Waals surface area contributed by atoms with Crippen molar-refractivity contribution in [2.45, 2.75) is 33.1 Å². The first-order valence-corrected chi connectivity index (χ1v) is 7.37. The van der Waals surface area contributed by atoms with Gasteiger partial charge in [-0.15, -0.1) is 0 Å². The predicted octanol–water partition coefficient (Wildman–Crippen LogP) is 3.24. The van der Waals surface area contributed by atoms with Gasteiger partial charge in [-0.1, -0.05) is 26.0 Å². The summed E-state index contributed by atoms with van der Waals surface area (Å²) >= 11 is 0. The van der Waals surface area contributed by atoms with Gasteiger partial charge in [0.15, 0.2) is 0 Å². The number of rotatable bonds is 7. The van der Waals surface area contributed by atoms with Crippen LogP contribution in [-0.4, -0.2) is 45.2 Å². The largest absolute Gasteiger partial charge is 0.492 e. The van der Waals surface area contributed by atoms with Crippen LogP contribution in [0.25, 0.3) is 0 Å². The van der Waals surface area contributed by atoms with Gasteiger partial charge in [-0.2, -0.15) is 0 Å². The van der Waals surface area contributed by atoms with Gasteiger partial charge in [-0.05, 0) is 44.5 Å². The monoisotopic (exact) mass is 293 g/mol. The van der Waals surface area contributed by atoms with Crippen LogP contribution in [0.1, 0.15) is 47.7 Å². The Morgan fingerprint density at radius 1 is 1.29 bits per heavy atom. The van der Waals surface area contributed by atoms with Gasteiger partial charge >= 0.3 is 5.97 Å². The molecule has 0 saturated heterocycles. The van der Waals surface area contributed by atoms with Crippen LogP contribution in [0.15, 0.2) is 12.1 Å². The first-order chi connectivity index (χ1) is 9.88. The summed E-state index contributed by atoms with van der Waals surface area (Å²) in [4.78, 5) is 14.2. The average Bonchev–Trinajstić information content (AvgIpc) is 2.42. The summed E-state index contributed by atoms with van der Waals surface area (Å²) in [5, 5.41) is 0. The van der Waals surface area contributed by atoms with Gasteiger partial charge in [0.1, 0.15) is 11.3 Å². The van der Waals surface area contributed by atoms with Crippen molar-refractivity contribution in [3.8, 4) is 5.75 Å². The van der Waals surface area contributed by atoms with Crippen molar-refractivity contribution in [1.82, 2.24) is 4.90 Å². The van der Waals surface area contributed by atoms with Crippen molar-refractivity contribution >= 4 is 5.97 Å². The third kappa shape index (κ3) is 4.74. The van der Waals surface area contributed by atoms with E-state index < -0.39 is 0 Å². The lowest BCUT2D eigenvalue weighted by Crippen LogP contribution is -2.17. The number of methoxy groups -OCH3 is 1. The molecule has 0 saturated carbocycles. The minimum absolute atomic E-state index is 0.290. The standard InChI is InChI=1S/C17H27NO3/c1-12(2)14-9-8-13(3)15(17(19)20-6)16(14)21-11-7-10-18(4)5/h8-9,12H,7,10-11H2,1-6H3. The number of hydrogen-bond donors (Lipinski definition) is 0. The molecule has 1 rings (SSSR count). The number of nitrogens with zero attached hydrogens (tertiary/aromatic N) is 1. The maximum absolute atomic E-state index is 12.1. The van der Waals surface area contributed by atoms with E-state index in [-0.39, 0.29) is 11.9 Å². The second-order valence-corrected chi connectivity index (χ2v) is 5.83. The number of carbonyl (C=O) groups is 1. The Morgan fingerprint density at radius 2 is 1.95 bits per heavy atom. The molecule has 4 nitrogen and oxygen atoms in total. The van der Waals surface area contributed by atoms with E-state index in [0.29, 0.717) is 17.9 Å². The predicted molar refractivity (Wildman–Crippen MR) is 85.3 cm³/mol. The van der Waals surface area contributed by atoms with E-state index >= 15 is 0 Å². The third-order valence-corrected chi connectivity index (χ3v) is 3.40. The minimum Gasteiger partial charge on any atom is -0.492 e. The Hall–Kier alpha value is -1.55.